The standard InChI is InChI=1S/C14H10N2O3S/c15-14-16-13(18)12(20-14)7-8-5-6-11(19-8)9-3-1-2-4-10(9)17/h1-7,17H,(H2,15,16,18)/b12-7-. The maximum Gasteiger partial charge on any atom is 0.286 e. The Hall–Kier alpha value is -2.47. The summed E-state index contributed by atoms with van der Waals surface area (Å²) in [7, 11) is 0. The van der Waals surface area contributed by atoms with Crippen molar-refractivity contribution in [2.75, 3.05) is 0 Å². The molecule has 5 nitrogen and oxygen atoms in total. The number of hydrogen-bond acceptors (Lipinski definition) is 5. The first kappa shape index (κ1) is 12.6. The molecule has 0 atom stereocenters. The van der Waals surface area contributed by atoms with Gasteiger partial charge in [0.25, 0.3) is 5.91 Å². The van der Waals surface area contributed by atoms with Gasteiger partial charge in [0, 0.05) is 6.08 Å². The smallest absolute Gasteiger partial charge is 0.286 e. The summed E-state index contributed by atoms with van der Waals surface area (Å²) in [6, 6.07) is 10.3. The Balaban J connectivity index is 1.91. The molecule has 6 heteroatoms. The number of phenols is 1. The third kappa shape index (κ3) is 2.33. The highest BCUT2D eigenvalue weighted by Gasteiger charge is 2.20. The van der Waals surface area contributed by atoms with Gasteiger partial charge in [0.05, 0.1) is 10.5 Å². The van der Waals surface area contributed by atoms with Crippen LogP contribution in [0, 0.1) is 0 Å². The van der Waals surface area contributed by atoms with Crippen LogP contribution in [0.25, 0.3) is 17.4 Å². The first-order valence-corrected chi connectivity index (χ1v) is 6.61. The molecule has 0 fully saturated rings. The highest BCUT2D eigenvalue weighted by atomic mass is 32.2. The Bertz CT molecular complexity index is 746. The zero-order valence-electron chi connectivity index (χ0n) is 10.2. The van der Waals surface area contributed by atoms with E-state index in [0.717, 1.165) is 11.8 Å². The normalized spacial score (nSPS) is 16.7. The van der Waals surface area contributed by atoms with E-state index in [0.29, 0.717) is 22.0 Å². The van der Waals surface area contributed by atoms with E-state index in [9.17, 15) is 9.90 Å². The van der Waals surface area contributed by atoms with Crippen LogP contribution in [0.15, 0.2) is 50.7 Å². The molecule has 0 saturated carbocycles. The number of aliphatic imine (C=N–C) groups is 1. The van der Waals surface area contributed by atoms with Crippen LogP contribution in [0.5, 0.6) is 5.75 Å². The summed E-state index contributed by atoms with van der Waals surface area (Å²) in [5, 5.41) is 10.00. The van der Waals surface area contributed by atoms with Crippen LogP contribution in [-0.2, 0) is 4.79 Å². The van der Waals surface area contributed by atoms with E-state index in [-0.39, 0.29) is 16.8 Å². The van der Waals surface area contributed by atoms with Crippen molar-refractivity contribution in [3.8, 4) is 17.1 Å². The van der Waals surface area contributed by atoms with Crippen molar-refractivity contribution < 1.29 is 14.3 Å². The fourth-order valence-corrected chi connectivity index (χ4v) is 2.47. The summed E-state index contributed by atoms with van der Waals surface area (Å²) in [5.74, 6) is 0.802. The largest absolute Gasteiger partial charge is 0.507 e. The Morgan fingerprint density at radius 1 is 1.25 bits per heavy atom. The van der Waals surface area contributed by atoms with Gasteiger partial charge < -0.3 is 15.3 Å². The van der Waals surface area contributed by atoms with Crippen molar-refractivity contribution in [1.82, 2.24) is 0 Å². The number of nitrogens with zero attached hydrogens (tertiary/aromatic N) is 1. The molecule has 20 heavy (non-hydrogen) atoms. The molecular formula is C14H10N2O3S. The van der Waals surface area contributed by atoms with Gasteiger partial charge in [0.15, 0.2) is 5.17 Å². The predicted octanol–water partition coefficient (Wildman–Crippen LogP) is 2.58. The molecule has 0 radical (unpaired) electrons. The third-order valence-corrected chi connectivity index (χ3v) is 3.52. The summed E-state index contributed by atoms with van der Waals surface area (Å²) < 4.78 is 5.60. The first-order chi connectivity index (χ1) is 9.63. The number of carbonyl (C=O) groups excluding carboxylic acids is 1. The van der Waals surface area contributed by atoms with Crippen LogP contribution >= 0.6 is 11.8 Å². The van der Waals surface area contributed by atoms with Crippen molar-refractivity contribution in [2.24, 2.45) is 10.7 Å². The average Bonchev–Trinajstić information content (AvgIpc) is 2.98. The molecule has 1 aromatic carbocycles. The molecule has 2 aromatic rings. The molecule has 100 valence electrons. The van der Waals surface area contributed by atoms with Crippen LogP contribution in [0.4, 0.5) is 0 Å². The minimum absolute atomic E-state index is 0.139. The minimum Gasteiger partial charge on any atom is -0.507 e. The molecule has 0 unspecified atom stereocenters. The summed E-state index contributed by atoms with van der Waals surface area (Å²) >= 11 is 1.11. The van der Waals surface area contributed by atoms with Crippen LogP contribution in [0.2, 0.25) is 0 Å². The lowest BCUT2D eigenvalue weighted by Crippen LogP contribution is -2.01. The molecule has 1 amide bonds. The van der Waals surface area contributed by atoms with Gasteiger partial charge in [-0.05, 0) is 36.0 Å². The number of para-hydroxylation sites is 1. The van der Waals surface area contributed by atoms with Gasteiger partial charge >= 0.3 is 0 Å². The number of furan rings is 1. The quantitative estimate of drug-likeness (QED) is 0.828. The van der Waals surface area contributed by atoms with Gasteiger partial charge in [-0.3, -0.25) is 4.79 Å². The zero-order chi connectivity index (χ0) is 14.1. The fourth-order valence-electron chi connectivity index (χ4n) is 1.81. The lowest BCUT2D eigenvalue weighted by atomic mass is 10.1. The van der Waals surface area contributed by atoms with Crippen molar-refractivity contribution >= 4 is 28.9 Å². The van der Waals surface area contributed by atoms with Gasteiger partial charge in [-0.2, -0.15) is 4.99 Å². The van der Waals surface area contributed by atoms with Gasteiger partial charge in [-0.1, -0.05) is 12.1 Å². The van der Waals surface area contributed by atoms with Crippen LogP contribution in [0.3, 0.4) is 0 Å². The van der Waals surface area contributed by atoms with Gasteiger partial charge in [-0.25, -0.2) is 0 Å². The Kier molecular flexibility index (Phi) is 3.08. The molecular weight excluding hydrogens is 276 g/mol. The highest BCUT2D eigenvalue weighted by Crippen LogP contribution is 2.32. The summed E-state index contributed by atoms with van der Waals surface area (Å²) in [6.07, 6.45) is 1.58. The molecule has 1 aliphatic rings. The highest BCUT2D eigenvalue weighted by molar-refractivity contribution is 8.18. The van der Waals surface area contributed by atoms with Crippen LogP contribution < -0.4 is 5.73 Å². The van der Waals surface area contributed by atoms with E-state index in [2.05, 4.69) is 4.99 Å². The monoisotopic (exact) mass is 286 g/mol. The van der Waals surface area contributed by atoms with E-state index in [1.165, 1.54) is 0 Å². The molecule has 0 bridgehead atoms. The second-order valence-corrected chi connectivity index (χ2v) is 5.15. The number of benzene rings is 1. The topological polar surface area (TPSA) is 88.8 Å². The lowest BCUT2D eigenvalue weighted by Gasteiger charge is -1.99. The summed E-state index contributed by atoms with van der Waals surface area (Å²) in [5.41, 5.74) is 6.07. The van der Waals surface area contributed by atoms with Crippen LogP contribution in [-0.4, -0.2) is 16.2 Å². The van der Waals surface area contributed by atoms with Gasteiger partial charge in [0.2, 0.25) is 0 Å². The molecule has 0 aliphatic carbocycles. The number of phenolic OH excluding ortho intramolecular Hbond substituents is 1. The number of amidine groups is 1. The molecule has 3 N–H and O–H groups in total. The van der Waals surface area contributed by atoms with Crippen LogP contribution in [0.1, 0.15) is 5.76 Å². The van der Waals surface area contributed by atoms with Crippen molar-refractivity contribution in [3.63, 3.8) is 0 Å². The second kappa shape index (κ2) is 4.90. The molecule has 0 spiro atoms. The summed E-state index contributed by atoms with van der Waals surface area (Å²) in [4.78, 5) is 15.5. The Labute approximate surface area is 118 Å². The first-order valence-electron chi connectivity index (χ1n) is 5.80. The molecule has 2 heterocycles. The third-order valence-electron chi connectivity index (χ3n) is 2.71. The summed E-state index contributed by atoms with van der Waals surface area (Å²) in [6.45, 7) is 0. The van der Waals surface area contributed by atoms with Crippen molar-refractivity contribution in [2.45, 2.75) is 0 Å². The molecule has 0 saturated heterocycles. The number of carbonyl (C=O) groups is 1. The molecule has 3 rings (SSSR count). The van der Waals surface area contributed by atoms with E-state index in [1.54, 1.807) is 42.5 Å². The van der Waals surface area contributed by atoms with Crippen molar-refractivity contribution in [3.05, 3.63) is 47.1 Å². The Morgan fingerprint density at radius 2 is 2.05 bits per heavy atom. The van der Waals surface area contributed by atoms with E-state index in [4.69, 9.17) is 10.2 Å². The van der Waals surface area contributed by atoms with Gasteiger partial charge in [-0.15, -0.1) is 0 Å². The maximum atomic E-state index is 11.5. The fraction of sp³-hybridized carbons (Fsp3) is 0. The number of hydrogen-bond donors (Lipinski definition) is 2. The number of amides is 1. The van der Waals surface area contributed by atoms with E-state index < -0.39 is 0 Å². The average molecular weight is 286 g/mol. The number of nitrogens with two attached hydrogens (primary N) is 1. The van der Waals surface area contributed by atoms with E-state index >= 15 is 0 Å². The second-order valence-electron chi connectivity index (χ2n) is 4.09. The number of rotatable bonds is 2. The molecule has 1 aromatic heterocycles. The number of aromatic hydroxyl groups is 1. The van der Waals surface area contributed by atoms with Crippen molar-refractivity contribution in [1.29, 1.82) is 0 Å². The zero-order valence-corrected chi connectivity index (χ0v) is 11.1. The van der Waals surface area contributed by atoms with E-state index in [1.807, 2.05) is 0 Å². The minimum atomic E-state index is -0.368. The lowest BCUT2D eigenvalue weighted by molar-refractivity contribution is -0.113. The Morgan fingerprint density at radius 3 is 2.75 bits per heavy atom. The maximum absolute atomic E-state index is 11.5. The predicted molar refractivity (Wildman–Crippen MR) is 78.0 cm³/mol. The number of thioether (sulfide) groups is 1. The van der Waals surface area contributed by atoms with Gasteiger partial charge in [0.1, 0.15) is 17.3 Å². The SMILES string of the molecule is NC1=NC(=O)/C(=C/c2ccc(-c3ccccc3O)o2)S1. The molecule has 1 aliphatic heterocycles.